The van der Waals surface area contributed by atoms with E-state index in [-0.39, 0.29) is 11.6 Å². The van der Waals surface area contributed by atoms with Crippen molar-refractivity contribution in [2.45, 2.75) is 0 Å². The molecule has 0 radical (unpaired) electrons. The fourth-order valence-electron chi connectivity index (χ4n) is 1.85. The second kappa shape index (κ2) is 3.92. The Balaban J connectivity index is 2.65. The van der Waals surface area contributed by atoms with Gasteiger partial charge in [-0.05, 0) is 17.3 Å². The zero-order valence-electron chi connectivity index (χ0n) is 9.30. The third kappa shape index (κ3) is 1.54. The van der Waals surface area contributed by atoms with Gasteiger partial charge < -0.3 is 9.80 Å². The van der Waals surface area contributed by atoms with E-state index in [1.165, 1.54) is 0 Å². The highest BCUT2D eigenvalue weighted by Crippen LogP contribution is 2.31. The van der Waals surface area contributed by atoms with Gasteiger partial charge >= 0.3 is 0 Å². The normalized spacial score (nSPS) is 15.8. The van der Waals surface area contributed by atoms with Crippen molar-refractivity contribution in [2.75, 3.05) is 32.1 Å². The van der Waals surface area contributed by atoms with E-state index in [1.807, 2.05) is 18.0 Å². The smallest absolute Gasteiger partial charge is 0.258 e. The molecule has 0 unspecified atom stereocenters. The van der Waals surface area contributed by atoms with Crippen molar-refractivity contribution in [3.8, 4) is 0 Å². The molecule has 5 nitrogen and oxygen atoms in total. The minimum absolute atomic E-state index is 0.144. The van der Waals surface area contributed by atoms with Crippen LogP contribution in [0.2, 0.25) is 0 Å². The zero-order valence-corrected chi connectivity index (χ0v) is 9.30. The summed E-state index contributed by atoms with van der Waals surface area (Å²) >= 11 is 0. The first-order valence-electron chi connectivity index (χ1n) is 5.08. The number of nitrogens with zero attached hydrogens (tertiary/aromatic N) is 3. The van der Waals surface area contributed by atoms with Crippen LogP contribution in [0, 0.1) is 4.91 Å². The minimum atomic E-state index is -0.144. The second-order valence-electron chi connectivity index (χ2n) is 3.91. The lowest BCUT2D eigenvalue weighted by molar-refractivity contribution is 0.0805. The largest absolute Gasteiger partial charge is 0.372 e. The first-order chi connectivity index (χ1) is 7.65. The Kier molecular flexibility index (Phi) is 2.60. The first kappa shape index (κ1) is 10.6. The monoisotopic (exact) mass is 219 g/mol. The first-order valence-corrected chi connectivity index (χ1v) is 5.08. The number of benzene rings is 1. The maximum Gasteiger partial charge on any atom is 0.258 e. The number of likely N-dealkylation sites (N-methyl/N-ethyl adjacent to an activating group) is 2. The van der Waals surface area contributed by atoms with Crippen LogP contribution < -0.4 is 4.90 Å². The fraction of sp³-hybridized carbons (Fsp3) is 0.364. The maximum atomic E-state index is 12.1. The van der Waals surface area contributed by atoms with Gasteiger partial charge in [0.05, 0.1) is 11.3 Å². The summed E-state index contributed by atoms with van der Waals surface area (Å²) in [7, 11) is 3.63. The predicted octanol–water partition coefficient (Wildman–Crippen LogP) is 1.61. The summed E-state index contributed by atoms with van der Waals surface area (Å²) in [4.78, 5) is 26.3. The van der Waals surface area contributed by atoms with E-state index >= 15 is 0 Å². The molecule has 16 heavy (non-hydrogen) atoms. The highest BCUT2D eigenvalue weighted by Gasteiger charge is 2.25. The van der Waals surface area contributed by atoms with Crippen LogP contribution in [-0.2, 0) is 0 Å². The van der Waals surface area contributed by atoms with Crippen molar-refractivity contribution < 1.29 is 4.79 Å². The average molecular weight is 219 g/mol. The number of carbonyl (C=O) groups excluding carboxylic acids is 1. The number of amides is 1. The molecule has 1 aromatic carbocycles. The molecule has 0 aromatic heterocycles. The SMILES string of the molecule is CN1CCN(C)c2cccc(N=O)c2C1=O. The zero-order chi connectivity index (χ0) is 11.7. The Hall–Kier alpha value is -1.91. The standard InChI is InChI=1S/C11H13N3O2/c1-13-6-7-14(2)11(15)10-8(12-16)4-3-5-9(10)13/h3-5H,6-7H2,1-2H3. The van der Waals surface area contributed by atoms with E-state index in [9.17, 15) is 9.70 Å². The number of hydrogen-bond donors (Lipinski definition) is 0. The molecule has 5 heteroatoms. The van der Waals surface area contributed by atoms with Crippen LogP contribution in [0.15, 0.2) is 23.4 Å². The molecule has 0 fully saturated rings. The molecule has 1 heterocycles. The maximum absolute atomic E-state index is 12.1. The topological polar surface area (TPSA) is 53.0 Å². The molecule has 0 spiro atoms. The number of hydrogen-bond acceptors (Lipinski definition) is 4. The lowest BCUT2D eigenvalue weighted by atomic mass is 10.1. The van der Waals surface area contributed by atoms with Crippen molar-refractivity contribution in [1.29, 1.82) is 0 Å². The van der Waals surface area contributed by atoms with E-state index < -0.39 is 0 Å². The number of anilines is 1. The summed E-state index contributed by atoms with van der Waals surface area (Å²) in [6.07, 6.45) is 0. The van der Waals surface area contributed by atoms with Crippen molar-refractivity contribution in [3.05, 3.63) is 28.7 Å². The molecule has 2 rings (SSSR count). The molecule has 0 saturated carbocycles. The van der Waals surface area contributed by atoms with Crippen LogP contribution in [0.4, 0.5) is 11.4 Å². The van der Waals surface area contributed by atoms with Crippen molar-refractivity contribution in [3.63, 3.8) is 0 Å². The van der Waals surface area contributed by atoms with Crippen LogP contribution >= 0.6 is 0 Å². The van der Waals surface area contributed by atoms with Crippen LogP contribution in [0.25, 0.3) is 0 Å². The quantitative estimate of drug-likeness (QED) is 0.674. The predicted molar refractivity (Wildman–Crippen MR) is 62.1 cm³/mol. The van der Waals surface area contributed by atoms with E-state index in [4.69, 9.17) is 0 Å². The van der Waals surface area contributed by atoms with Gasteiger partial charge in [-0.25, -0.2) is 0 Å². The lowest BCUT2D eigenvalue weighted by Crippen LogP contribution is -2.29. The summed E-state index contributed by atoms with van der Waals surface area (Å²) in [5, 5.41) is 2.92. The molecule has 1 aliphatic rings. The average Bonchev–Trinajstić information content (AvgIpc) is 2.42. The van der Waals surface area contributed by atoms with Gasteiger partial charge in [-0.15, -0.1) is 4.91 Å². The molecule has 1 aliphatic heterocycles. The number of carbonyl (C=O) groups is 1. The van der Waals surface area contributed by atoms with Gasteiger partial charge in [0.1, 0.15) is 5.69 Å². The molecular weight excluding hydrogens is 206 g/mol. The number of nitroso groups, excluding NO2 is 1. The Morgan fingerprint density at radius 2 is 1.88 bits per heavy atom. The van der Waals surface area contributed by atoms with Crippen molar-refractivity contribution in [2.24, 2.45) is 5.18 Å². The van der Waals surface area contributed by atoms with Gasteiger partial charge in [-0.3, -0.25) is 4.79 Å². The third-order valence-electron chi connectivity index (χ3n) is 2.86. The van der Waals surface area contributed by atoms with Gasteiger partial charge in [0.25, 0.3) is 5.91 Å². The molecule has 0 aliphatic carbocycles. The third-order valence-corrected chi connectivity index (χ3v) is 2.86. The molecule has 84 valence electrons. The Labute approximate surface area is 93.6 Å². The Morgan fingerprint density at radius 1 is 1.19 bits per heavy atom. The summed E-state index contributed by atoms with van der Waals surface area (Å²) < 4.78 is 0. The van der Waals surface area contributed by atoms with Crippen LogP contribution in [-0.4, -0.2) is 38.0 Å². The molecule has 0 saturated heterocycles. The molecule has 0 atom stereocenters. The highest BCUT2D eigenvalue weighted by molar-refractivity contribution is 6.04. The Bertz CT molecular complexity index is 445. The minimum Gasteiger partial charge on any atom is -0.372 e. The van der Waals surface area contributed by atoms with Crippen molar-refractivity contribution in [1.82, 2.24) is 4.90 Å². The summed E-state index contributed by atoms with van der Waals surface area (Å²) in [6.45, 7) is 1.39. The van der Waals surface area contributed by atoms with Crippen LogP contribution in [0.3, 0.4) is 0 Å². The summed E-state index contributed by atoms with van der Waals surface area (Å²) in [5.41, 5.74) is 1.38. The van der Waals surface area contributed by atoms with Gasteiger partial charge in [0.2, 0.25) is 0 Å². The van der Waals surface area contributed by atoms with Gasteiger partial charge in [0, 0.05) is 27.2 Å². The molecule has 1 amide bonds. The molecule has 1 aromatic rings. The molecule has 0 bridgehead atoms. The number of rotatable bonds is 1. The molecular formula is C11H13N3O2. The Morgan fingerprint density at radius 3 is 2.56 bits per heavy atom. The van der Waals surface area contributed by atoms with Gasteiger partial charge in [0.15, 0.2) is 0 Å². The van der Waals surface area contributed by atoms with E-state index in [2.05, 4.69) is 5.18 Å². The van der Waals surface area contributed by atoms with Crippen LogP contribution in [0.5, 0.6) is 0 Å². The van der Waals surface area contributed by atoms with Gasteiger partial charge in [-0.1, -0.05) is 6.07 Å². The fourth-order valence-corrected chi connectivity index (χ4v) is 1.85. The van der Waals surface area contributed by atoms with E-state index in [0.29, 0.717) is 12.1 Å². The van der Waals surface area contributed by atoms with E-state index in [1.54, 1.807) is 24.1 Å². The number of fused-ring (bicyclic) bond motifs is 1. The summed E-state index contributed by atoms with van der Waals surface area (Å²) in [5.74, 6) is -0.144. The lowest BCUT2D eigenvalue weighted by Gasteiger charge is -2.17. The second-order valence-corrected chi connectivity index (χ2v) is 3.91. The van der Waals surface area contributed by atoms with Crippen LogP contribution in [0.1, 0.15) is 10.4 Å². The van der Waals surface area contributed by atoms with Crippen molar-refractivity contribution >= 4 is 17.3 Å². The molecule has 0 N–H and O–H groups in total. The van der Waals surface area contributed by atoms with E-state index in [0.717, 1.165) is 12.2 Å². The summed E-state index contributed by atoms with van der Waals surface area (Å²) in [6, 6.07) is 5.14. The highest BCUT2D eigenvalue weighted by atomic mass is 16.3. The van der Waals surface area contributed by atoms with Gasteiger partial charge in [-0.2, -0.15) is 0 Å².